The van der Waals surface area contributed by atoms with Crippen molar-refractivity contribution >= 4 is 6.48 Å². The summed E-state index contributed by atoms with van der Waals surface area (Å²) >= 11 is -2.84. The normalized spacial score (nSPS) is 13.9. The fraction of sp³-hybridized carbons (Fsp3) is 0.408. The van der Waals surface area contributed by atoms with Gasteiger partial charge in [0.1, 0.15) is 0 Å². The molecule has 0 amide bonds. The van der Waals surface area contributed by atoms with Crippen LogP contribution in [0.15, 0.2) is 91.0 Å². The molecule has 0 spiro atoms. The third-order valence-electron chi connectivity index (χ3n) is 11.1. The number of rotatable bonds is 4. The number of fused-ring (bicyclic) bond motifs is 3. The molecule has 0 bridgehead atoms. The quantitative estimate of drug-likeness (QED) is 0.195. The Hall–Kier alpha value is -2.31. The first-order valence-electron chi connectivity index (χ1n) is 18.8. The standard InChI is InChI=1S/C23H29.C21H26.C5H5.2ClH.Zr/c1-14-9-16-11-17-10-15(2)21(23(6,7)8)13-19(17)18(16)12-20(14)22(3,4)5;1-20(2,3)18-11-7-16(8-12-18)15-17-9-13-19(14-10-17)21(4,5)6;1-2-4-5-3-1;;;/h9,12-13H,11H2,1-8H3;7-14H,1-6H3;1-5H;2*1H;/q;;;;;+2/p-2. The molecule has 0 saturated carbocycles. The van der Waals surface area contributed by atoms with Gasteiger partial charge in [0.2, 0.25) is 0 Å². The van der Waals surface area contributed by atoms with Crippen LogP contribution in [-0.4, -0.2) is 3.21 Å². The molecular formula is C49H60Cl2Zr. The summed E-state index contributed by atoms with van der Waals surface area (Å²) in [7, 11) is 0. The minimum atomic E-state index is -2.84. The molecule has 0 fully saturated rings. The van der Waals surface area contributed by atoms with Gasteiger partial charge in [0.25, 0.3) is 0 Å². The topological polar surface area (TPSA) is 0 Å². The summed E-state index contributed by atoms with van der Waals surface area (Å²) in [5.74, 6) is 0. The molecule has 52 heavy (non-hydrogen) atoms. The van der Waals surface area contributed by atoms with Crippen molar-refractivity contribution < 1.29 is 46.1 Å². The molecule has 2 aliphatic carbocycles. The van der Waals surface area contributed by atoms with Gasteiger partial charge in [-0.15, -0.1) is 0 Å². The molecule has 274 valence electrons. The van der Waals surface area contributed by atoms with Gasteiger partial charge in [-0.3, -0.25) is 0 Å². The van der Waals surface area contributed by atoms with Crippen molar-refractivity contribution in [3.63, 3.8) is 0 Å². The van der Waals surface area contributed by atoms with Gasteiger partial charge in [-0.2, -0.15) is 0 Å². The fourth-order valence-corrected chi connectivity index (χ4v) is 17.2. The number of aryl methyl sites for hydroxylation is 1. The zero-order valence-corrected chi connectivity index (χ0v) is 38.2. The second kappa shape index (κ2) is 15.1. The van der Waals surface area contributed by atoms with Crippen molar-refractivity contribution in [2.45, 2.75) is 129 Å². The molecule has 4 aromatic rings. The van der Waals surface area contributed by atoms with E-state index in [9.17, 15) is 0 Å². The maximum atomic E-state index is 2.60. The maximum absolute atomic E-state index is 2.84. The Labute approximate surface area is 336 Å². The van der Waals surface area contributed by atoms with Gasteiger partial charge >= 0.3 is 314 Å². The SMILES string of the molecule is Cc1cc2c(cc1C(C)(C)C)-c1cc(C(C)(C)C)c(C)[c]([Zr+2](=[C](c3ccc(C(C)(C)C)cc3)c3ccc(C(C)(C)C)cc3)[CH]3C=CC=C3)c1C2.[Cl-].[Cl-]. The van der Waals surface area contributed by atoms with Gasteiger partial charge in [0, 0.05) is 0 Å². The third kappa shape index (κ3) is 8.19. The largest absolute Gasteiger partial charge is 1.00 e. The summed E-state index contributed by atoms with van der Waals surface area (Å²) in [5.41, 5.74) is 17.9. The molecule has 4 aromatic carbocycles. The first-order valence-corrected chi connectivity index (χ1v) is 22.7. The van der Waals surface area contributed by atoms with Crippen LogP contribution in [-0.2, 0) is 49.3 Å². The number of hydrogen-bond acceptors (Lipinski definition) is 0. The van der Waals surface area contributed by atoms with E-state index in [4.69, 9.17) is 0 Å². The molecule has 0 atom stereocenters. The molecule has 0 N–H and O–H groups in total. The molecule has 2 aliphatic rings. The van der Waals surface area contributed by atoms with E-state index < -0.39 is 21.3 Å². The van der Waals surface area contributed by atoms with Crippen LogP contribution in [0.3, 0.4) is 0 Å². The van der Waals surface area contributed by atoms with Gasteiger partial charge in [-0.25, -0.2) is 0 Å². The van der Waals surface area contributed by atoms with E-state index in [0.717, 1.165) is 6.42 Å². The average molecular weight is 811 g/mol. The summed E-state index contributed by atoms with van der Waals surface area (Å²) in [4.78, 5) is 0. The Morgan fingerprint density at radius 3 is 1.42 bits per heavy atom. The zero-order valence-electron chi connectivity index (χ0n) is 34.2. The summed E-state index contributed by atoms with van der Waals surface area (Å²) in [6.45, 7) is 33.0. The van der Waals surface area contributed by atoms with E-state index >= 15 is 0 Å². The summed E-state index contributed by atoms with van der Waals surface area (Å²) in [6.07, 6.45) is 10.7. The van der Waals surface area contributed by atoms with Crippen LogP contribution in [0, 0.1) is 13.8 Å². The predicted octanol–water partition coefficient (Wildman–Crippen LogP) is 6.50. The maximum Gasteiger partial charge on any atom is -1.00 e. The minimum absolute atomic E-state index is 0. The van der Waals surface area contributed by atoms with Crippen molar-refractivity contribution in [1.82, 2.24) is 0 Å². The molecule has 0 saturated heterocycles. The molecule has 0 unspecified atom stereocenters. The van der Waals surface area contributed by atoms with E-state index in [1.807, 2.05) is 0 Å². The van der Waals surface area contributed by atoms with Gasteiger partial charge < -0.3 is 24.8 Å². The monoisotopic (exact) mass is 808 g/mol. The van der Waals surface area contributed by atoms with Crippen LogP contribution in [0.4, 0.5) is 0 Å². The van der Waals surface area contributed by atoms with Gasteiger partial charge in [0.05, 0.1) is 0 Å². The summed E-state index contributed by atoms with van der Waals surface area (Å²) in [5, 5.41) is 0. The van der Waals surface area contributed by atoms with E-state index in [-0.39, 0.29) is 46.5 Å². The van der Waals surface area contributed by atoms with E-state index in [1.165, 1.54) is 61.2 Å². The van der Waals surface area contributed by atoms with Crippen molar-refractivity contribution in [2.75, 3.05) is 0 Å². The van der Waals surface area contributed by atoms with Crippen LogP contribution in [0.2, 0.25) is 3.63 Å². The Bertz CT molecular complexity index is 1970. The number of benzene rings is 4. The molecule has 0 aliphatic heterocycles. The number of allylic oxidation sites excluding steroid dienone is 4. The Morgan fingerprint density at radius 2 is 1.00 bits per heavy atom. The molecule has 3 heteroatoms. The second-order valence-electron chi connectivity index (χ2n) is 19.2. The van der Waals surface area contributed by atoms with Crippen molar-refractivity contribution in [3.05, 3.63) is 147 Å². The van der Waals surface area contributed by atoms with Crippen LogP contribution in [0.1, 0.15) is 139 Å². The van der Waals surface area contributed by atoms with Crippen LogP contribution in [0.5, 0.6) is 0 Å². The average Bonchev–Trinajstić information content (AvgIpc) is 3.66. The van der Waals surface area contributed by atoms with E-state index in [0.29, 0.717) is 3.63 Å². The smallest absolute Gasteiger partial charge is 1.00 e. The Kier molecular flexibility index (Phi) is 12.3. The number of hydrogen-bond donors (Lipinski definition) is 0. The third-order valence-corrected chi connectivity index (χ3v) is 19.4. The van der Waals surface area contributed by atoms with Crippen LogP contribution >= 0.6 is 0 Å². The Morgan fingerprint density at radius 1 is 0.558 bits per heavy atom. The van der Waals surface area contributed by atoms with Gasteiger partial charge in [0.15, 0.2) is 0 Å². The molecule has 0 radical (unpaired) electrons. The van der Waals surface area contributed by atoms with Gasteiger partial charge in [-0.05, 0) is 0 Å². The Balaban J connectivity index is 0.00000302. The molecule has 0 heterocycles. The molecule has 0 aromatic heterocycles. The van der Waals surface area contributed by atoms with E-state index in [1.54, 1.807) is 12.0 Å². The fourth-order valence-electron chi connectivity index (χ4n) is 8.40. The van der Waals surface area contributed by atoms with Crippen molar-refractivity contribution in [2.24, 2.45) is 0 Å². The molecular weight excluding hydrogens is 751 g/mol. The summed E-state index contributed by atoms with van der Waals surface area (Å²) < 4.78 is 3.79. The van der Waals surface area contributed by atoms with Crippen molar-refractivity contribution in [1.29, 1.82) is 0 Å². The van der Waals surface area contributed by atoms with Crippen LogP contribution in [0.25, 0.3) is 11.1 Å². The molecule has 0 nitrogen and oxygen atoms in total. The van der Waals surface area contributed by atoms with Gasteiger partial charge in [-0.1, -0.05) is 0 Å². The van der Waals surface area contributed by atoms with Crippen molar-refractivity contribution in [3.8, 4) is 11.1 Å². The zero-order chi connectivity index (χ0) is 36.6. The first-order chi connectivity index (χ1) is 23.2. The van der Waals surface area contributed by atoms with Crippen LogP contribution < -0.4 is 28.1 Å². The van der Waals surface area contributed by atoms with E-state index in [2.05, 4.69) is 188 Å². The molecule has 6 rings (SSSR count). The summed E-state index contributed by atoms with van der Waals surface area (Å²) in [6, 6.07) is 27.1. The number of halogens is 2. The first kappa shape index (κ1) is 42.4. The minimum Gasteiger partial charge on any atom is -1.00 e. The second-order valence-corrected chi connectivity index (χ2v) is 25.3. The predicted molar refractivity (Wildman–Crippen MR) is 217 cm³/mol.